The molecule has 144 valence electrons. The van der Waals surface area contributed by atoms with Gasteiger partial charge in [-0.3, -0.25) is 9.78 Å². The molecular weight excluding hydrogens is 382 g/mol. The number of aromatic nitrogens is 1. The fraction of sp³-hybridized carbons (Fsp3) is 0.235. The molecule has 10 heteroatoms. The molecule has 2 rings (SSSR count). The van der Waals surface area contributed by atoms with E-state index in [2.05, 4.69) is 4.98 Å². The van der Waals surface area contributed by atoms with E-state index in [4.69, 9.17) is 5.11 Å². The van der Waals surface area contributed by atoms with E-state index in [1.165, 1.54) is 12.1 Å². The van der Waals surface area contributed by atoms with Crippen LogP contribution in [0.4, 0.5) is 8.78 Å². The van der Waals surface area contributed by atoms with E-state index < -0.39 is 32.8 Å². The molecule has 0 spiro atoms. The van der Waals surface area contributed by atoms with Gasteiger partial charge in [-0.1, -0.05) is 6.07 Å². The number of carbonyl (C=O) groups excluding carboxylic acids is 2. The Labute approximate surface area is 154 Å². The maximum Gasteiger partial charge on any atom is 0.266 e. The molecule has 27 heavy (non-hydrogen) atoms. The van der Waals surface area contributed by atoms with Crippen molar-refractivity contribution in [2.45, 2.75) is 24.7 Å². The van der Waals surface area contributed by atoms with Crippen LogP contribution in [0.15, 0.2) is 36.5 Å². The molecule has 1 aromatic carbocycles. The fourth-order valence-corrected chi connectivity index (χ4v) is 3.86. The summed E-state index contributed by atoms with van der Waals surface area (Å²) in [4.78, 5) is 26.6. The van der Waals surface area contributed by atoms with E-state index in [0.29, 0.717) is 12.4 Å². The van der Waals surface area contributed by atoms with Crippen LogP contribution in [-0.2, 0) is 21.4 Å². The minimum absolute atomic E-state index is 0.0931. The quantitative estimate of drug-likeness (QED) is 0.654. The summed E-state index contributed by atoms with van der Waals surface area (Å²) in [5, 5.41) is 7.36. The number of hydrogen-bond acceptors (Lipinski definition) is 6. The molecule has 0 aliphatic heterocycles. The monoisotopic (exact) mass is 398 g/mol. The number of aldehydes is 1. The minimum atomic E-state index is -4.44. The highest BCUT2D eigenvalue weighted by atomic mass is 32.2. The van der Waals surface area contributed by atoms with Crippen molar-refractivity contribution in [1.82, 2.24) is 9.71 Å². The van der Waals surface area contributed by atoms with E-state index >= 15 is 0 Å². The SMILES string of the molecule is O=CCCC(c1ccc(F)cc1F)S(=O)(=O)NC(=O)c1ccc(CO)nc1. The lowest BCUT2D eigenvalue weighted by atomic mass is 10.1. The van der Waals surface area contributed by atoms with E-state index in [1.807, 2.05) is 4.72 Å². The molecule has 0 aliphatic rings. The largest absolute Gasteiger partial charge is 0.390 e. The van der Waals surface area contributed by atoms with Crippen molar-refractivity contribution in [3.8, 4) is 0 Å². The molecule has 0 fully saturated rings. The fourth-order valence-electron chi connectivity index (χ4n) is 2.37. The van der Waals surface area contributed by atoms with Crippen molar-refractivity contribution < 1.29 is 31.9 Å². The summed E-state index contributed by atoms with van der Waals surface area (Å²) in [7, 11) is -4.44. The smallest absolute Gasteiger partial charge is 0.266 e. The van der Waals surface area contributed by atoms with Crippen LogP contribution in [-0.4, -0.2) is 30.7 Å². The second-order valence-electron chi connectivity index (χ2n) is 5.57. The van der Waals surface area contributed by atoms with Gasteiger partial charge in [0.15, 0.2) is 0 Å². The van der Waals surface area contributed by atoms with Gasteiger partial charge in [0.1, 0.15) is 23.2 Å². The average molecular weight is 398 g/mol. The Balaban J connectivity index is 2.32. The molecule has 1 atom stereocenters. The molecule has 2 aromatic rings. The zero-order chi connectivity index (χ0) is 20.0. The molecule has 2 N–H and O–H groups in total. The number of aliphatic hydroxyl groups excluding tert-OH is 1. The Kier molecular flexibility index (Phi) is 6.70. The zero-order valence-electron chi connectivity index (χ0n) is 13.9. The Morgan fingerprint density at radius 3 is 2.56 bits per heavy atom. The Morgan fingerprint density at radius 1 is 1.26 bits per heavy atom. The van der Waals surface area contributed by atoms with Gasteiger partial charge in [0, 0.05) is 24.2 Å². The third-order valence-corrected chi connectivity index (χ3v) is 5.42. The summed E-state index contributed by atoms with van der Waals surface area (Å²) in [5.74, 6) is -3.00. The molecule has 0 saturated carbocycles. The number of pyridine rings is 1. The number of amides is 1. The number of halogens is 2. The summed E-state index contributed by atoms with van der Waals surface area (Å²) in [6, 6.07) is 4.98. The van der Waals surface area contributed by atoms with E-state index in [-0.39, 0.29) is 36.3 Å². The highest BCUT2D eigenvalue weighted by molar-refractivity contribution is 7.90. The third-order valence-electron chi connectivity index (χ3n) is 3.71. The van der Waals surface area contributed by atoms with Crippen molar-refractivity contribution in [2.24, 2.45) is 0 Å². The maximum absolute atomic E-state index is 14.1. The summed E-state index contributed by atoms with van der Waals surface area (Å²) < 4.78 is 54.2. The summed E-state index contributed by atoms with van der Waals surface area (Å²) in [6.45, 7) is -0.349. The lowest BCUT2D eigenvalue weighted by Gasteiger charge is -2.18. The van der Waals surface area contributed by atoms with Crippen LogP contribution >= 0.6 is 0 Å². The number of sulfonamides is 1. The highest BCUT2D eigenvalue weighted by Gasteiger charge is 2.31. The summed E-state index contributed by atoms with van der Waals surface area (Å²) in [6.07, 6.45) is 1.04. The lowest BCUT2D eigenvalue weighted by Crippen LogP contribution is -2.35. The molecule has 0 bridgehead atoms. The van der Waals surface area contributed by atoms with Crippen LogP contribution in [0.1, 0.15) is 39.7 Å². The highest BCUT2D eigenvalue weighted by Crippen LogP contribution is 2.29. The van der Waals surface area contributed by atoms with Crippen LogP contribution in [0.5, 0.6) is 0 Å². The molecule has 0 saturated heterocycles. The van der Waals surface area contributed by atoms with Crippen molar-refractivity contribution in [2.75, 3.05) is 0 Å². The number of nitrogens with one attached hydrogen (secondary N) is 1. The van der Waals surface area contributed by atoms with Gasteiger partial charge >= 0.3 is 0 Å². The van der Waals surface area contributed by atoms with E-state index in [0.717, 1.165) is 18.3 Å². The van der Waals surface area contributed by atoms with E-state index in [9.17, 15) is 26.8 Å². The van der Waals surface area contributed by atoms with Crippen LogP contribution in [0.3, 0.4) is 0 Å². The van der Waals surface area contributed by atoms with Crippen molar-refractivity contribution >= 4 is 22.2 Å². The maximum atomic E-state index is 14.1. The van der Waals surface area contributed by atoms with Gasteiger partial charge < -0.3 is 9.90 Å². The molecular formula is C17H16F2N2O5S. The van der Waals surface area contributed by atoms with Gasteiger partial charge in [-0.05, 0) is 24.6 Å². The standard InChI is InChI=1S/C17H16F2N2O5S/c18-12-4-6-14(15(19)8-12)16(2-1-7-22)27(25,26)21-17(24)11-3-5-13(10-23)20-9-11/h3-9,16,23H,1-2,10H2,(H,21,24). The predicted octanol–water partition coefficient (Wildman–Crippen LogP) is 1.63. The first-order valence-corrected chi connectivity index (χ1v) is 9.33. The van der Waals surface area contributed by atoms with Crippen LogP contribution < -0.4 is 4.72 Å². The topological polar surface area (TPSA) is 113 Å². The van der Waals surface area contributed by atoms with Crippen LogP contribution in [0.2, 0.25) is 0 Å². The molecule has 0 radical (unpaired) electrons. The van der Waals surface area contributed by atoms with E-state index in [1.54, 1.807) is 0 Å². The first-order valence-electron chi connectivity index (χ1n) is 7.79. The number of carbonyl (C=O) groups is 2. The van der Waals surface area contributed by atoms with Gasteiger partial charge in [0.2, 0.25) is 10.0 Å². The van der Waals surface area contributed by atoms with Crippen LogP contribution in [0, 0.1) is 11.6 Å². The molecule has 1 unspecified atom stereocenters. The number of benzene rings is 1. The number of rotatable bonds is 8. The van der Waals surface area contributed by atoms with Gasteiger partial charge in [0.25, 0.3) is 5.91 Å². The average Bonchev–Trinajstić information content (AvgIpc) is 2.63. The number of hydrogen-bond donors (Lipinski definition) is 2. The number of aliphatic hydroxyl groups is 1. The second-order valence-corrected chi connectivity index (χ2v) is 7.43. The van der Waals surface area contributed by atoms with Crippen molar-refractivity contribution in [3.05, 3.63) is 65.0 Å². The summed E-state index contributed by atoms with van der Waals surface area (Å²) in [5.41, 5.74) is -0.163. The Bertz CT molecular complexity index is 933. The predicted molar refractivity (Wildman–Crippen MR) is 90.9 cm³/mol. The normalized spacial score (nSPS) is 12.4. The van der Waals surface area contributed by atoms with Gasteiger partial charge in [-0.25, -0.2) is 21.9 Å². The second kappa shape index (κ2) is 8.78. The minimum Gasteiger partial charge on any atom is -0.390 e. The van der Waals surface area contributed by atoms with Crippen LogP contribution in [0.25, 0.3) is 0 Å². The molecule has 0 aliphatic carbocycles. The number of nitrogens with zero attached hydrogens (tertiary/aromatic N) is 1. The van der Waals surface area contributed by atoms with Crippen molar-refractivity contribution in [3.63, 3.8) is 0 Å². The Morgan fingerprint density at radius 2 is 2.00 bits per heavy atom. The molecule has 1 aromatic heterocycles. The first kappa shape index (κ1) is 20.6. The summed E-state index contributed by atoms with van der Waals surface area (Å²) >= 11 is 0. The van der Waals surface area contributed by atoms with Gasteiger partial charge in [0.05, 0.1) is 17.9 Å². The van der Waals surface area contributed by atoms with Crippen molar-refractivity contribution in [1.29, 1.82) is 0 Å². The van der Waals surface area contributed by atoms with Gasteiger partial charge in [-0.15, -0.1) is 0 Å². The molecule has 7 nitrogen and oxygen atoms in total. The lowest BCUT2D eigenvalue weighted by molar-refractivity contribution is -0.107. The molecule has 1 heterocycles. The zero-order valence-corrected chi connectivity index (χ0v) is 14.7. The van der Waals surface area contributed by atoms with Gasteiger partial charge in [-0.2, -0.15) is 0 Å². The first-order chi connectivity index (χ1) is 12.8. The Hall–Kier alpha value is -2.72. The molecule has 1 amide bonds. The third kappa shape index (κ3) is 5.14.